The van der Waals surface area contributed by atoms with Crippen molar-refractivity contribution in [3.05, 3.63) is 5.69 Å². The van der Waals surface area contributed by atoms with Gasteiger partial charge in [-0.1, -0.05) is 13.8 Å². The third kappa shape index (κ3) is 2.01. The van der Waals surface area contributed by atoms with Gasteiger partial charge < -0.3 is 10.6 Å². The summed E-state index contributed by atoms with van der Waals surface area (Å²) in [5.41, 5.74) is 7.93. The number of rotatable bonds is 1. The van der Waals surface area contributed by atoms with E-state index in [-0.39, 0.29) is 0 Å². The van der Waals surface area contributed by atoms with Crippen LogP contribution in [0.25, 0.3) is 0 Å². The molecule has 96 valence electrons. The van der Waals surface area contributed by atoms with E-state index in [2.05, 4.69) is 30.8 Å². The summed E-state index contributed by atoms with van der Waals surface area (Å²) in [5, 5.41) is 4.42. The van der Waals surface area contributed by atoms with E-state index < -0.39 is 0 Å². The Kier molecular flexibility index (Phi) is 3.06. The van der Waals surface area contributed by atoms with Gasteiger partial charge in [0.05, 0.1) is 11.4 Å². The van der Waals surface area contributed by atoms with E-state index in [1.807, 2.05) is 18.7 Å². The first kappa shape index (κ1) is 12.3. The van der Waals surface area contributed by atoms with Gasteiger partial charge in [-0.05, 0) is 32.1 Å². The summed E-state index contributed by atoms with van der Waals surface area (Å²) in [7, 11) is 1.98. The van der Waals surface area contributed by atoms with Crippen molar-refractivity contribution in [1.82, 2.24) is 9.78 Å². The van der Waals surface area contributed by atoms with Crippen LogP contribution in [-0.2, 0) is 7.05 Å². The fourth-order valence-electron chi connectivity index (χ4n) is 3.00. The molecular weight excluding hydrogens is 212 g/mol. The fourth-order valence-corrected chi connectivity index (χ4v) is 3.00. The van der Waals surface area contributed by atoms with Gasteiger partial charge in [-0.2, -0.15) is 5.10 Å². The first-order chi connectivity index (χ1) is 7.91. The van der Waals surface area contributed by atoms with Crippen LogP contribution in [0.15, 0.2) is 0 Å². The summed E-state index contributed by atoms with van der Waals surface area (Å²) in [4.78, 5) is 2.42. The average molecular weight is 236 g/mol. The zero-order chi connectivity index (χ0) is 12.7. The maximum absolute atomic E-state index is 6.16. The Bertz CT molecular complexity index is 410. The number of hydrogen-bond donors (Lipinski definition) is 1. The van der Waals surface area contributed by atoms with Crippen molar-refractivity contribution in [3.8, 4) is 0 Å². The van der Waals surface area contributed by atoms with Crippen LogP contribution in [-0.4, -0.2) is 22.4 Å². The Balaban J connectivity index is 2.37. The Morgan fingerprint density at radius 3 is 2.47 bits per heavy atom. The molecule has 0 radical (unpaired) electrons. The number of piperidine rings is 1. The summed E-state index contributed by atoms with van der Waals surface area (Å²) in [6.07, 6.45) is 1.30. The Labute approximate surface area is 104 Å². The van der Waals surface area contributed by atoms with Crippen LogP contribution in [0.2, 0.25) is 0 Å². The first-order valence-electron chi connectivity index (χ1n) is 6.47. The van der Waals surface area contributed by atoms with Gasteiger partial charge in [-0.25, -0.2) is 0 Å². The molecule has 1 aliphatic heterocycles. The van der Waals surface area contributed by atoms with Crippen molar-refractivity contribution in [2.75, 3.05) is 17.2 Å². The first-order valence-corrected chi connectivity index (χ1v) is 6.47. The molecule has 1 aromatic heterocycles. The third-order valence-electron chi connectivity index (χ3n) is 4.11. The Morgan fingerprint density at radius 2 is 1.94 bits per heavy atom. The number of aryl methyl sites for hydroxylation is 2. The molecule has 1 aromatic rings. The second-order valence-electron chi connectivity index (χ2n) is 5.66. The SMILES string of the molecule is Cc1nn(C)c(N2CC(C)CC(C)C2C)c1N. The lowest BCUT2D eigenvalue weighted by molar-refractivity contribution is 0.293. The molecule has 0 aromatic carbocycles. The molecule has 2 heterocycles. The molecule has 2 N–H and O–H groups in total. The number of nitrogens with zero attached hydrogens (tertiary/aromatic N) is 3. The molecular formula is C13H24N4. The van der Waals surface area contributed by atoms with E-state index in [0.717, 1.165) is 29.7 Å². The van der Waals surface area contributed by atoms with Crippen LogP contribution in [0.3, 0.4) is 0 Å². The lowest BCUT2D eigenvalue weighted by Gasteiger charge is -2.42. The van der Waals surface area contributed by atoms with Crippen LogP contribution in [0, 0.1) is 18.8 Å². The van der Waals surface area contributed by atoms with Crippen LogP contribution in [0.1, 0.15) is 32.9 Å². The number of nitrogens with two attached hydrogens (primary N) is 1. The zero-order valence-electron chi connectivity index (χ0n) is 11.6. The predicted molar refractivity (Wildman–Crippen MR) is 72.1 cm³/mol. The standard InChI is InChI=1S/C13H24N4/c1-8-6-9(2)11(4)17(7-8)13-12(14)10(3)15-16(13)5/h8-9,11H,6-7,14H2,1-5H3. The van der Waals surface area contributed by atoms with Gasteiger partial charge in [0, 0.05) is 19.6 Å². The van der Waals surface area contributed by atoms with Gasteiger partial charge in [0.25, 0.3) is 0 Å². The summed E-state index contributed by atoms with van der Waals surface area (Å²) in [5.74, 6) is 2.51. The quantitative estimate of drug-likeness (QED) is 0.813. The molecule has 3 unspecified atom stereocenters. The van der Waals surface area contributed by atoms with E-state index in [0.29, 0.717) is 12.0 Å². The Hall–Kier alpha value is -1.19. The fraction of sp³-hybridized carbons (Fsp3) is 0.769. The van der Waals surface area contributed by atoms with E-state index >= 15 is 0 Å². The van der Waals surface area contributed by atoms with Crippen molar-refractivity contribution < 1.29 is 0 Å². The Morgan fingerprint density at radius 1 is 1.29 bits per heavy atom. The van der Waals surface area contributed by atoms with Crippen molar-refractivity contribution in [2.24, 2.45) is 18.9 Å². The molecule has 17 heavy (non-hydrogen) atoms. The molecule has 1 saturated heterocycles. The summed E-state index contributed by atoms with van der Waals surface area (Å²) < 4.78 is 1.92. The summed E-state index contributed by atoms with van der Waals surface area (Å²) in [6, 6.07) is 0.531. The van der Waals surface area contributed by atoms with E-state index in [1.54, 1.807) is 0 Å². The maximum atomic E-state index is 6.16. The largest absolute Gasteiger partial charge is 0.394 e. The molecule has 0 aliphatic carbocycles. The van der Waals surface area contributed by atoms with Crippen molar-refractivity contribution in [3.63, 3.8) is 0 Å². The van der Waals surface area contributed by atoms with Crippen molar-refractivity contribution in [1.29, 1.82) is 0 Å². The second kappa shape index (κ2) is 4.24. The minimum Gasteiger partial charge on any atom is -0.394 e. The molecule has 2 rings (SSSR count). The van der Waals surface area contributed by atoms with Crippen LogP contribution in [0.4, 0.5) is 11.5 Å². The third-order valence-corrected chi connectivity index (χ3v) is 4.11. The lowest BCUT2D eigenvalue weighted by Crippen LogP contribution is -2.46. The van der Waals surface area contributed by atoms with E-state index in [9.17, 15) is 0 Å². The molecule has 0 amide bonds. The van der Waals surface area contributed by atoms with Gasteiger partial charge in [-0.15, -0.1) is 0 Å². The molecule has 1 fully saturated rings. The molecule has 4 nitrogen and oxygen atoms in total. The van der Waals surface area contributed by atoms with E-state index in [1.165, 1.54) is 6.42 Å². The highest BCUT2D eigenvalue weighted by molar-refractivity contribution is 5.66. The number of hydrogen-bond acceptors (Lipinski definition) is 3. The zero-order valence-corrected chi connectivity index (χ0v) is 11.6. The molecule has 3 atom stereocenters. The van der Waals surface area contributed by atoms with Gasteiger partial charge >= 0.3 is 0 Å². The monoisotopic (exact) mass is 236 g/mol. The average Bonchev–Trinajstić information content (AvgIpc) is 2.48. The van der Waals surface area contributed by atoms with Gasteiger partial charge in [0.1, 0.15) is 0 Å². The minimum absolute atomic E-state index is 0.531. The van der Waals surface area contributed by atoms with Crippen LogP contribution >= 0.6 is 0 Å². The van der Waals surface area contributed by atoms with Crippen LogP contribution in [0.5, 0.6) is 0 Å². The van der Waals surface area contributed by atoms with Crippen molar-refractivity contribution in [2.45, 2.75) is 40.2 Å². The summed E-state index contributed by atoms with van der Waals surface area (Å²) >= 11 is 0. The van der Waals surface area contributed by atoms with Gasteiger partial charge in [0.15, 0.2) is 5.82 Å². The normalized spacial score (nSPS) is 29.7. The summed E-state index contributed by atoms with van der Waals surface area (Å²) in [6.45, 7) is 9.98. The highest BCUT2D eigenvalue weighted by Crippen LogP contribution is 2.34. The minimum atomic E-state index is 0.531. The predicted octanol–water partition coefficient (Wildman–Crippen LogP) is 2.18. The van der Waals surface area contributed by atoms with Gasteiger partial charge in [0.2, 0.25) is 0 Å². The van der Waals surface area contributed by atoms with Crippen LogP contribution < -0.4 is 10.6 Å². The number of anilines is 2. The van der Waals surface area contributed by atoms with Crippen molar-refractivity contribution >= 4 is 11.5 Å². The highest BCUT2D eigenvalue weighted by Gasteiger charge is 2.31. The molecule has 4 heteroatoms. The molecule has 0 saturated carbocycles. The number of aromatic nitrogens is 2. The molecule has 0 bridgehead atoms. The molecule has 1 aliphatic rings. The number of nitrogen functional groups attached to an aromatic ring is 1. The maximum Gasteiger partial charge on any atom is 0.150 e. The lowest BCUT2D eigenvalue weighted by atomic mass is 9.86. The second-order valence-corrected chi connectivity index (χ2v) is 5.66. The highest BCUT2D eigenvalue weighted by atomic mass is 15.4. The van der Waals surface area contributed by atoms with E-state index in [4.69, 9.17) is 5.73 Å². The smallest absolute Gasteiger partial charge is 0.150 e. The molecule has 0 spiro atoms. The van der Waals surface area contributed by atoms with Gasteiger partial charge in [-0.3, -0.25) is 4.68 Å². The topological polar surface area (TPSA) is 47.1 Å².